The number of carbonyl (C=O) groups is 6. The molecule has 1 rings (SSSR count). The summed E-state index contributed by atoms with van der Waals surface area (Å²) in [5.74, 6) is -4.31. The van der Waals surface area contributed by atoms with Crippen LogP contribution in [0.15, 0.2) is 0 Å². The van der Waals surface area contributed by atoms with Gasteiger partial charge < -0.3 is 50.8 Å². The van der Waals surface area contributed by atoms with E-state index in [4.69, 9.17) is 30.4 Å². The number of hydrogen-bond acceptors (Lipinski definition) is 11. The summed E-state index contributed by atoms with van der Waals surface area (Å²) in [5, 5.41) is 5.37. The topological polar surface area (TPSA) is 222 Å². The molecule has 16 nitrogen and oxygen atoms in total. The summed E-state index contributed by atoms with van der Waals surface area (Å²) in [7, 11) is 4.64. The first-order valence-corrected chi connectivity index (χ1v) is 19.8. The molecule has 0 aromatic carbocycles. The second-order valence-corrected chi connectivity index (χ2v) is 15.5. The van der Waals surface area contributed by atoms with Crippen molar-refractivity contribution in [3.05, 3.63) is 0 Å². The predicted molar refractivity (Wildman–Crippen MR) is 210 cm³/mol. The lowest BCUT2D eigenvalue weighted by atomic mass is 9.89. The first-order valence-electron chi connectivity index (χ1n) is 19.8. The van der Waals surface area contributed by atoms with E-state index < -0.39 is 84.8 Å². The van der Waals surface area contributed by atoms with Gasteiger partial charge in [-0.2, -0.15) is 0 Å². The van der Waals surface area contributed by atoms with Crippen LogP contribution in [0.4, 0.5) is 4.79 Å². The van der Waals surface area contributed by atoms with E-state index in [1.54, 1.807) is 65.3 Å². The Morgan fingerprint density at radius 3 is 1.84 bits per heavy atom. The van der Waals surface area contributed by atoms with Crippen molar-refractivity contribution in [2.45, 2.75) is 151 Å². The number of carbonyl (C=O) groups excluding carboxylic acids is 6. The molecule has 0 radical (unpaired) electrons. The minimum Gasteiger partial charge on any atom is -0.424 e. The Hall–Kier alpha value is -3.50. The maximum atomic E-state index is 14.3. The molecule has 1 saturated heterocycles. The van der Waals surface area contributed by atoms with Gasteiger partial charge >= 0.3 is 12.1 Å². The van der Waals surface area contributed by atoms with E-state index in [-0.39, 0.29) is 36.1 Å². The molecule has 0 saturated carbocycles. The highest BCUT2D eigenvalue weighted by molar-refractivity contribution is 5.92. The maximum Gasteiger partial charge on any atom is 0.410 e. The van der Waals surface area contributed by atoms with Crippen molar-refractivity contribution in [2.24, 2.45) is 41.1 Å². The minimum atomic E-state index is -1.22. The number of nitrogens with zero attached hydrogens (tertiary/aromatic N) is 2. The molecule has 320 valence electrons. The summed E-state index contributed by atoms with van der Waals surface area (Å²) in [6.45, 7) is 20.4. The largest absolute Gasteiger partial charge is 0.424 e. The molecule has 16 heteroatoms. The van der Waals surface area contributed by atoms with Gasteiger partial charge in [0.1, 0.15) is 12.1 Å². The van der Waals surface area contributed by atoms with Gasteiger partial charge in [-0.15, -0.1) is 0 Å². The Balaban J connectivity index is 0.00000938. The fraction of sp³-hybridized carbons (Fsp3) is 0.846. The minimum absolute atomic E-state index is 0.0286. The number of methoxy groups -OCH3 is 2. The van der Waals surface area contributed by atoms with Crippen LogP contribution in [0, 0.1) is 29.6 Å². The van der Waals surface area contributed by atoms with Gasteiger partial charge in [-0.1, -0.05) is 89.0 Å². The van der Waals surface area contributed by atoms with Gasteiger partial charge in [-0.3, -0.25) is 24.0 Å². The van der Waals surface area contributed by atoms with Crippen molar-refractivity contribution in [2.75, 3.05) is 34.4 Å². The van der Waals surface area contributed by atoms with E-state index >= 15 is 0 Å². The molecule has 8 unspecified atom stereocenters. The SMILES string of the molecule is CCC.CCC(C)C(C(CC(=O)N1CCCC1C(OC)C(C)C(N)=O)OC)N(C)C(=O)[C@@H](NC(=O)C(NC(=O)OC(OC(=O)CN)C(C)C)C(C)C)C(C)C. The van der Waals surface area contributed by atoms with Crippen LogP contribution in [0.3, 0.4) is 0 Å². The predicted octanol–water partition coefficient (Wildman–Crippen LogP) is 3.18. The summed E-state index contributed by atoms with van der Waals surface area (Å²) in [6.07, 6.45) is -0.169. The number of rotatable bonds is 21. The first kappa shape index (κ1) is 51.5. The summed E-state index contributed by atoms with van der Waals surface area (Å²) in [6, 6.07) is -2.98. The van der Waals surface area contributed by atoms with Gasteiger partial charge in [0.05, 0.1) is 43.2 Å². The van der Waals surface area contributed by atoms with Crippen molar-refractivity contribution in [3.63, 3.8) is 0 Å². The van der Waals surface area contributed by atoms with Crippen LogP contribution in [-0.2, 0) is 42.9 Å². The van der Waals surface area contributed by atoms with Crippen LogP contribution >= 0.6 is 0 Å². The quantitative estimate of drug-likeness (QED) is 0.0978. The second-order valence-electron chi connectivity index (χ2n) is 15.5. The van der Waals surface area contributed by atoms with E-state index in [1.807, 2.05) is 13.8 Å². The standard InChI is InChI=1S/C36H66N6O10.C3H8/c1-13-22(8)30(25(49-11)17-26(43)42-16-14-15-24(42)31(50-12)23(9)32(38)45)41(10)34(47)29(20(4)5)39-33(46)28(19(2)3)40-36(48)52-35(21(6)7)51-27(44)18-37;1-3-2/h19-25,28-31,35H,13-18,37H2,1-12H3,(H2,38,45)(H,39,46)(H,40,48);3H2,1-2H3/t22?,23?,24?,25?,28?,29-,30?,31?,35?;/m0./s1. The number of primary amides is 1. The van der Waals surface area contributed by atoms with Gasteiger partial charge in [-0.25, -0.2) is 4.79 Å². The highest BCUT2D eigenvalue weighted by atomic mass is 16.7. The Labute approximate surface area is 329 Å². The van der Waals surface area contributed by atoms with Crippen LogP contribution in [0.5, 0.6) is 0 Å². The van der Waals surface area contributed by atoms with E-state index in [2.05, 4.69) is 24.5 Å². The zero-order valence-corrected chi connectivity index (χ0v) is 36.0. The number of nitrogens with one attached hydrogen (secondary N) is 2. The number of likely N-dealkylation sites (N-methyl/N-ethyl adjacent to an activating group) is 1. The van der Waals surface area contributed by atoms with Gasteiger partial charge in [0, 0.05) is 33.7 Å². The lowest BCUT2D eigenvalue weighted by Gasteiger charge is -2.41. The molecule has 55 heavy (non-hydrogen) atoms. The van der Waals surface area contributed by atoms with Gasteiger partial charge in [0.25, 0.3) is 6.29 Å². The normalized spacial score (nSPS) is 18.5. The van der Waals surface area contributed by atoms with Crippen LogP contribution in [0.2, 0.25) is 0 Å². The fourth-order valence-electron chi connectivity index (χ4n) is 6.57. The molecular formula is C39H74N6O10. The first-order chi connectivity index (χ1) is 25.7. The van der Waals surface area contributed by atoms with Gasteiger partial charge in [-0.05, 0) is 30.6 Å². The average Bonchev–Trinajstić information content (AvgIpc) is 3.61. The van der Waals surface area contributed by atoms with E-state index in [0.29, 0.717) is 19.4 Å². The molecule has 1 heterocycles. The van der Waals surface area contributed by atoms with E-state index in [9.17, 15) is 28.8 Å². The molecule has 9 atom stereocenters. The van der Waals surface area contributed by atoms with Crippen LogP contribution in [0.25, 0.3) is 0 Å². The van der Waals surface area contributed by atoms with Crippen LogP contribution in [-0.4, -0.2) is 123 Å². The zero-order valence-electron chi connectivity index (χ0n) is 36.0. The third-order valence-corrected chi connectivity index (χ3v) is 9.93. The van der Waals surface area contributed by atoms with E-state index in [1.165, 1.54) is 20.6 Å². The molecule has 1 aliphatic rings. The average molecular weight is 787 g/mol. The highest BCUT2D eigenvalue weighted by Crippen LogP contribution is 2.29. The number of ether oxygens (including phenoxy) is 4. The third kappa shape index (κ3) is 15.9. The molecule has 0 bridgehead atoms. The second kappa shape index (κ2) is 25.6. The molecule has 0 aromatic rings. The Morgan fingerprint density at radius 1 is 0.836 bits per heavy atom. The zero-order chi connectivity index (χ0) is 42.7. The van der Waals surface area contributed by atoms with Crippen molar-refractivity contribution in [3.8, 4) is 0 Å². The lowest BCUT2D eigenvalue weighted by Crippen LogP contribution is -2.60. The summed E-state index contributed by atoms with van der Waals surface area (Å²) < 4.78 is 22.0. The molecule has 1 aliphatic heterocycles. The smallest absolute Gasteiger partial charge is 0.410 e. The number of alkyl carbamates (subject to hydrolysis) is 1. The van der Waals surface area contributed by atoms with Crippen LogP contribution in [0.1, 0.15) is 108 Å². The molecule has 1 fully saturated rings. The number of amides is 5. The lowest BCUT2D eigenvalue weighted by molar-refractivity contribution is -0.173. The molecule has 0 aromatic heterocycles. The molecule has 0 spiro atoms. The summed E-state index contributed by atoms with van der Waals surface area (Å²) >= 11 is 0. The number of esters is 1. The van der Waals surface area contributed by atoms with Crippen molar-refractivity contribution in [1.82, 2.24) is 20.4 Å². The molecular weight excluding hydrogens is 712 g/mol. The molecule has 6 N–H and O–H groups in total. The number of likely N-dealkylation sites (tertiary alicyclic amines) is 1. The Bertz CT molecular complexity index is 1220. The summed E-state index contributed by atoms with van der Waals surface area (Å²) in [5.41, 5.74) is 10.9. The van der Waals surface area contributed by atoms with Gasteiger partial charge in [0.2, 0.25) is 23.6 Å². The Morgan fingerprint density at radius 2 is 1.40 bits per heavy atom. The molecule has 5 amide bonds. The van der Waals surface area contributed by atoms with Crippen LogP contribution < -0.4 is 22.1 Å². The van der Waals surface area contributed by atoms with Crippen molar-refractivity contribution >= 4 is 35.7 Å². The van der Waals surface area contributed by atoms with E-state index in [0.717, 1.165) is 6.42 Å². The number of hydrogen-bond donors (Lipinski definition) is 4. The van der Waals surface area contributed by atoms with Crippen molar-refractivity contribution < 1.29 is 47.7 Å². The third-order valence-electron chi connectivity index (χ3n) is 9.93. The fourth-order valence-corrected chi connectivity index (χ4v) is 6.57. The summed E-state index contributed by atoms with van der Waals surface area (Å²) in [4.78, 5) is 81.6. The Kier molecular flexibility index (Phi) is 24.0. The van der Waals surface area contributed by atoms with Crippen molar-refractivity contribution in [1.29, 1.82) is 0 Å². The monoisotopic (exact) mass is 787 g/mol. The molecule has 0 aliphatic carbocycles. The van der Waals surface area contributed by atoms with Gasteiger partial charge in [0.15, 0.2) is 0 Å². The highest BCUT2D eigenvalue weighted by Gasteiger charge is 2.43. The maximum absolute atomic E-state index is 14.3. The number of nitrogens with two attached hydrogens (primary N) is 2.